The van der Waals surface area contributed by atoms with Crippen molar-refractivity contribution < 1.29 is 4.79 Å². The molecule has 0 saturated heterocycles. The van der Waals surface area contributed by atoms with Crippen molar-refractivity contribution in [2.24, 2.45) is 23.2 Å². The van der Waals surface area contributed by atoms with Gasteiger partial charge in [0.15, 0.2) is 0 Å². The van der Waals surface area contributed by atoms with E-state index in [4.69, 9.17) is 0 Å². The first kappa shape index (κ1) is 13.8. The maximum Gasteiger partial charge on any atom is 0.226 e. The van der Waals surface area contributed by atoms with E-state index in [1.807, 2.05) is 12.1 Å². The lowest BCUT2D eigenvalue weighted by molar-refractivity contribution is -0.146. The minimum Gasteiger partial charge on any atom is -0.352 e. The number of carbonyl (C=O) groups excluding carboxylic acids is 1. The van der Waals surface area contributed by atoms with Gasteiger partial charge >= 0.3 is 0 Å². The molecule has 1 aromatic carbocycles. The van der Waals surface area contributed by atoms with E-state index in [1.54, 1.807) is 0 Å². The van der Waals surface area contributed by atoms with Gasteiger partial charge < -0.3 is 5.32 Å². The van der Waals surface area contributed by atoms with E-state index in [9.17, 15) is 4.79 Å². The van der Waals surface area contributed by atoms with Crippen LogP contribution in [0.1, 0.15) is 44.1 Å². The third-order valence-corrected chi connectivity index (χ3v) is 6.36. The molecule has 0 heterocycles. The lowest BCUT2D eigenvalue weighted by Gasteiger charge is -2.55. The minimum absolute atomic E-state index is 0.0270. The van der Waals surface area contributed by atoms with E-state index >= 15 is 0 Å². The molecular formula is C18H22BrNO. The van der Waals surface area contributed by atoms with Crippen molar-refractivity contribution in [1.82, 2.24) is 5.32 Å². The van der Waals surface area contributed by atoms with Gasteiger partial charge in [0.1, 0.15) is 0 Å². The Morgan fingerprint density at radius 2 is 1.76 bits per heavy atom. The van der Waals surface area contributed by atoms with Crippen molar-refractivity contribution in [1.29, 1.82) is 0 Å². The van der Waals surface area contributed by atoms with Crippen LogP contribution < -0.4 is 5.32 Å². The molecule has 5 rings (SSSR count). The van der Waals surface area contributed by atoms with Crippen LogP contribution >= 0.6 is 15.9 Å². The molecule has 112 valence electrons. The van der Waals surface area contributed by atoms with Crippen LogP contribution in [-0.2, 0) is 11.3 Å². The van der Waals surface area contributed by atoms with Crippen molar-refractivity contribution in [2.45, 2.75) is 45.1 Å². The highest BCUT2D eigenvalue weighted by molar-refractivity contribution is 9.10. The van der Waals surface area contributed by atoms with Gasteiger partial charge in [-0.3, -0.25) is 4.79 Å². The summed E-state index contributed by atoms with van der Waals surface area (Å²) >= 11 is 3.49. The van der Waals surface area contributed by atoms with Gasteiger partial charge in [-0.1, -0.05) is 28.1 Å². The van der Waals surface area contributed by atoms with Crippen LogP contribution in [0.25, 0.3) is 0 Å². The third-order valence-electron chi connectivity index (χ3n) is 5.86. The highest BCUT2D eigenvalue weighted by Crippen LogP contribution is 2.60. The van der Waals surface area contributed by atoms with Crippen LogP contribution in [0.4, 0.5) is 0 Å². The van der Waals surface area contributed by atoms with Gasteiger partial charge in [0, 0.05) is 16.4 Å². The van der Waals surface area contributed by atoms with Crippen molar-refractivity contribution in [2.75, 3.05) is 0 Å². The Morgan fingerprint density at radius 3 is 2.33 bits per heavy atom. The minimum atomic E-state index is -0.0270. The predicted octanol–water partition coefficient (Wildman–Crippen LogP) is 4.28. The first-order chi connectivity index (χ1) is 10.1. The standard InChI is InChI=1S/C18H22BrNO/c19-16-3-1-2-12(7-16)11-20-17(21)18-8-13-4-14(9-18)6-15(5-13)10-18/h1-3,7,13-15H,4-6,8-11H2,(H,20,21). The normalized spacial score (nSPS) is 36.7. The summed E-state index contributed by atoms with van der Waals surface area (Å²) in [6, 6.07) is 8.20. The van der Waals surface area contributed by atoms with Gasteiger partial charge in [0.05, 0.1) is 0 Å². The van der Waals surface area contributed by atoms with Crippen molar-refractivity contribution in [3.8, 4) is 0 Å². The summed E-state index contributed by atoms with van der Waals surface area (Å²) in [6.45, 7) is 0.653. The fourth-order valence-corrected chi connectivity index (χ4v) is 5.85. The molecule has 0 aliphatic heterocycles. The third kappa shape index (κ3) is 2.54. The lowest BCUT2D eigenvalue weighted by Crippen LogP contribution is -2.53. The number of carbonyl (C=O) groups is 1. The number of rotatable bonds is 3. The Kier molecular flexibility index (Phi) is 3.36. The maximum absolute atomic E-state index is 12.8. The Balaban J connectivity index is 1.45. The summed E-state index contributed by atoms with van der Waals surface area (Å²) < 4.78 is 1.07. The monoisotopic (exact) mass is 347 g/mol. The number of hydrogen-bond acceptors (Lipinski definition) is 1. The molecule has 3 heteroatoms. The second kappa shape index (κ2) is 5.12. The fraction of sp³-hybridized carbons (Fsp3) is 0.611. The molecule has 4 bridgehead atoms. The highest BCUT2D eigenvalue weighted by atomic mass is 79.9. The van der Waals surface area contributed by atoms with Crippen LogP contribution in [0.2, 0.25) is 0 Å². The van der Waals surface area contributed by atoms with Gasteiger partial charge in [-0.2, -0.15) is 0 Å². The first-order valence-electron chi connectivity index (χ1n) is 8.16. The molecule has 0 radical (unpaired) electrons. The Bertz CT molecular complexity index is 533. The van der Waals surface area contributed by atoms with Crippen molar-refractivity contribution in [3.63, 3.8) is 0 Å². The van der Waals surface area contributed by atoms with Crippen LogP contribution in [0.15, 0.2) is 28.7 Å². The average Bonchev–Trinajstić information content (AvgIpc) is 2.43. The molecule has 1 aromatic rings. The van der Waals surface area contributed by atoms with Gasteiger partial charge in [0.2, 0.25) is 5.91 Å². The summed E-state index contributed by atoms with van der Waals surface area (Å²) in [7, 11) is 0. The molecule has 4 aliphatic carbocycles. The molecule has 21 heavy (non-hydrogen) atoms. The average molecular weight is 348 g/mol. The summed E-state index contributed by atoms with van der Waals surface area (Å²) in [5, 5.41) is 3.22. The maximum atomic E-state index is 12.8. The molecule has 4 aliphatic rings. The Labute approximate surface area is 134 Å². The van der Waals surface area contributed by atoms with E-state index in [-0.39, 0.29) is 5.41 Å². The van der Waals surface area contributed by atoms with E-state index in [2.05, 4.69) is 33.4 Å². The summed E-state index contributed by atoms with van der Waals surface area (Å²) in [4.78, 5) is 12.8. The van der Waals surface area contributed by atoms with Gasteiger partial charge in [0.25, 0.3) is 0 Å². The molecule has 4 saturated carbocycles. The zero-order chi connectivity index (χ0) is 14.4. The molecular weight excluding hydrogens is 326 g/mol. The quantitative estimate of drug-likeness (QED) is 0.868. The summed E-state index contributed by atoms with van der Waals surface area (Å²) in [6.07, 6.45) is 7.59. The van der Waals surface area contributed by atoms with Crippen LogP contribution in [0, 0.1) is 23.2 Å². The highest BCUT2D eigenvalue weighted by Gasteiger charge is 2.54. The van der Waals surface area contributed by atoms with E-state index < -0.39 is 0 Å². The molecule has 2 nitrogen and oxygen atoms in total. The second-order valence-corrected chi connectivity index (χ2v) is 8.43. The number of amides is 1. The topological polar surface area (TPSA) is 29.1 Å². The zero-order valence-electron chi connectivity index (χ0n) is 12.3. The number of halogens is 1. The molecule has 0 aromatic heterocycles. The van der Waals surface area contributed by atoms with Crippen LogP contribution in [-0.4, -0.2) is 5.91 Å². The van der Waals surface area contributed by atoms with Crippen LogP contribution in [0.5, 0.6) is 0 Å². The number of nitrogens with one attached hydrogen (secondary N) is 1. The smallest absolute Gasteiger partial charge is 0.226 e. The molecule has 1 amide bonds. The van der Waals surface area contributed by atoms with E-state index in [0.717, 1.165) is 41.5 Å². The second-order valence-electron chi connectivity index (χ2n) is 7.51. The molecule has 0 unspecified atom stereocenters. The van der Waals surface area contributed by atoms with E-state index in [0.29, 0.717) is 12.5 Å². The summed E-state index contributed by atoms with van der Waals surface area (Å²) in [5.41, 5.74) is 1.14. The summed E-state index contributed by atoms with van der Waals surface area (Å²) in [5.74, 6) is 2.80. The van der Waals surface area contributed by atoms with Crippen LogP contribution in [0.3, 0.4) is 0 Å². The molecule has 0 spiro atoms. The number of benzene rings is 1. The Morgan fingerprint density at radius 1 is 1.14 bits per heavy atom. The Hall–Kier alpha value is -0.830. The van der Waals surface area contributed by atoms with Crippen molar-refractivity contribution >= 4 is 21.8 Å². The van der Waals surface area contributed by atoms with Crippen molar-refractivity contribution in [3.05, 3.63) is 34.3 Å². The number of hydrogen-bond donors (Lipinski definition) is 1. The zero-order valence-corrected chi connectivity index (χ0v) is 13.9. The predicted molar refractivity (Wildman–Crippen MR) is 86.6 cm³/mol. The lowest BCUT2D eigenvalue weighted by atomic mass is 9.49. The van der Waals surface area contributed by atoms with Gasteiger partial charge in [-0.25, -0.2) is 0 Å². The SMILES string of the molecule is O=C(NCc1cccc(Br)c1)C12CC3CC(CC(C3)C1)C2. The molecule has 1 N–H and O–H groups in total. The first-order valence-corrected chi connectivity index (χ1v) is 8.95. The van der Waals surface area contributed by atoms with Gasteiger partial charge in [-0.15, -0.1) is 0 Å². The van der Waals surface area contributed by atoms with Gasteiger partial charge in [-0.05, 0) is 74.0 Å². The van der Waals surface area contributed by atoms with E-state index in [1.165, 1.54) is 24.8 Å². The molecule has 4 fully saturated rings. The molecule has 0 atom stereocenters. The fourth-order valence-electron chi connectivity index (χ4n) is 5.41. The largest absolute Gasteiger partial charge is 0.352 e.